The van der Waals surface area contributed by atoms with Gasteiger partial charge in [-0.25, -0.2) is 4.98 Å². The first-order valence-electron chi connectivity index (χ1n) is 12.5. The molecule has 2 aliphatic heterocycles. The van der Waals surface area contributed by atoms with Crippen LogP contribution in [0.1, 0.15) is 53.3 Å². The first-order chi connectivity index (χ1) is 16.4. The van der Waals surface area contributed by atoms with Gasteiger partial charge in [-0.1, -0.05) is 34.6 Å². The number of nitrogens with zero attached hydrogens (tertiary/aromatic N) is 4. The molecule has 2 saturated heterocycles. The summed E-state index contributed by atoms with van der Waals surface area (Å²) in [5.74, 6) is 1.37. The first kappa shape index (κ1) is 25.9. The largest absolute Gasteiger partial charge is 0.381 e. The molecule has 194 valence electrons. The van der Waals surface area contributed by atoms with Crippen LogP contribution in [-0.4, -0.2) is 67.6 Å². The van der Waals surface area contributed by atoms with Gasteiger partial charge in [-0.2, -0.15) is 12.7 Å². The highest BCUT2D eigenvalue weighted by molar-refractivity contribution is 7.90. The maximum atomic E-state index is 13.2. The Hall–Kier alpha value is -2.17. The summed E-state index contributed by atoms with van der Waals surface area (Å²) in [7, 11) is -2.13. The number of benzene rings is 1. The van der Waals surface area contributed by atoms with Crippen LogP contribution >= 0.6 is 0 Å². The molecule has 9 nitrogen and oxygen atoms in total. The Morgan fingerprint density at radius 2 is 1.89 bits per heavy atom. The second-order valence-electron chi connectivity index (χ2n) is 11.2. The Morgan fingerprint density at radius 3 is 2.49 bits per heavy atom. The van der Waals surface area contributed by atoms with Crippen molar-refractivity contribution in [2.75, 3.05) is 37.7 Å². The molecule has 2 fully saturated rings. The lowest BCUT2D eigenvalue weighted by Crippen LogP contribution is -2.63. The summed E-state index contributed by atoms with van der Waals surface area (Å²) in [4.78, 5) is 16.9. The van der Waals surface area contributed by atoms with Gasteiger partial charge in [-0.15, -0.1) is 0 Å². The third-order valence-electron chi connectivity index (χ3n) is 6.94. The van der Waals surface area contributed by atoms with Crippen molar-refractivity contribution in [1.82, 2.24) is 19.2 Å². The SMILES string of the molecule is CC(C)C(=O)NC1CN(S(=O)(=O)N(C)c2ccc3c(c2)nc(C(C)(C)C)n3CC2CCOCC2)C1. The van der Waals surface area contributed by atoms with E-state index in [1.54, 1.807) is 7.05 Å². The number of hydrogen-bond acceptors (Lipinski definition) is 5. The summed E-state index contributed by atoms with van der Waals surface area (Å²) in [5.41, 5.74) is 2.25. The second kappa shape index (κ2) is 9.71. The molecule has 0 spiro atoms. The van der Waals surface area contributed by atoms with Crippen LogP contribution in [0.4, 0.5) is 5.69 Å². The zero-order chi connectivity index (χ0) is 25.5. The van der Waals surface area contributed by atoms with Crippen LogP contribution in [0.25, 0.3) is 11.0 Å². The minimum atomic E-state index is -3.70. The number of nitrogens with one attached hydrogen (secondary N) is 1. The van der Waals surface area contributed by atoms with Crippen LogP contribution in [0.2, 0.25) is 0 Å². The lowest BCUT2D eigenvalue weighted by atomic mass is 9.94. The Labute approximate surface area is 209 Å². The average molecular weight is 506 g/mol. The Bertz CT molecular complexity index is 1170. The van der Waals surface area contributed by atoms with E-state index in [1.807, 2.05) is 32.0 Å². The van der Waals surface area contributed by atoms with Crippen LogP contribution < -0.4 is 9.62 Å². The zero-order valence-corrected chi connectivity index (χ0v) is 22.6. The molecule has 4 rings (SSSR count). The fraction of sp³-hybridized carbons (Fsp3) is 0.680. The van der Waals surface area contributed by atoms with E-state index in [2.05, 4.69) is 30.7 Å². The number of anilines is 1. The monoisotopic (exact) mass is 505 g/mol. The summed E-state index contributed by atoms with van der Waals surface area (Å²) in [6.07, 6.45) is 2.08. The number of hydrogen-bond donors (Lipinski definition) is 1. The molecule has 0 atom stereocenters. The highest BCUT2D eigenvalue weighted by Gasteiger charge is 2.39. The van der Waals surface area contributed by atoms with Gasteiger partial charge in [0.05, 0.1) is 22.8 Å². The molecule has 35 heavy (non-hydrogen) atoms. The van der Waals surface area contributed by atoms with Gasteiger partial charge in [0, 0.05) is 51.2 Å². The molecule has 0 saturated carbocycles. The zero-order valence-electron chi connectivity index (χ0n) is 21.7. The van der Waals surface area contributed by atoms with Gasteiger partial charge >= 0.3 is 10.2 Å². The number of fused-ring (bicyclic) bond motifs is 1. The van der Waals surface area contributed by atoms with E-state index in [0.29, 0.717) is 11.6 Å². The molecular formula is C25H39N5O4S. The second-order valence-corrected chi connectivity index (χ2v) is 13.1. The summed E-state index contributed by atoms with van der Waals surface area (Å²) in [6, 6.07) is 5.55. The highest BCUT2D eigenvalue weighted by atomic mass is 32.2. The molecule has 1 aromatic carbocycles. The number of amides is 1. The van der Waals surface area contributed by atoms with E-state index in [-0.39, 0.29) is 36.4 Å². The highest BCUT2D eigenvalue weighted by Crippen LogP contribution is 2.32. The van der Waals surface area contributed by atoms with E-state index in [0.717, 1.165) is 49.5 Å². The van der Waals surface area contributed by atoms with Gasteiger partial charge < -0.3 is 14.6 Å². The lowest BCUT2D eigenvalue weighted by molar-refractivity contribution is -0.125. The summed E-state index contributed by atoms with van der Waals surface area (Å²) >= 11 is 0. The van der Waals surface area contributed by atoms with Crippen LogP contribution in [0.3, 0.4) is 0 Å². The number of rotatable bonds is 7. The third-order valence-corrected chi connectivity index (χ3v) is 8.79. The number of aromatic nitrogens is 2. The number of carbonyl (C=O) groups is 1. The molecule has 0 unspecified atom stereocenters. The van der Waals surface area contributed by atoms with Crippen molar-refractivity contribution in [3.8, 4) is 0 Å². The van der Waals surface area contributed by atoms with Crippen molar-refractivity contribution in [3.05, 3.63) is 24.0 Å². The molecule has 2 aliphatic rings. The Kier molecular flexibility index (Phi) is 7.19. The minimum absolute atomic E-state index is 0.0585. The molecule has 1 aromatic heterocycles. The minimum Gasteiger partial charge on any atom is -0.381 e. The quantitative estimate of drug-likeness (QED) is 0.624. The average Bonchev–Trinajstić information content (AvgIpc) is 3.13. The first-order valence-corrected chi connectivity index (χ1v) is 13.9. The fourth-order valence-electron chi connectivity index (χ4n) is 4.65. The van der Waals surface area contributed by atoms with Gasteiger partial charge in [0.25, 0.3) is 0 Å². The van der Waals surface area contributed by atoms with Crippen LogP contribution in [-0.2, 0) is 31.7 Å². The van der Waals surface area contributed by atoms with Crippen molar-refractivity contribution >= 4 is 32.8 Å². The molecule has 2 aromatic rings. The topological polar surface area (TPSA) is 96.8 Å². The maximum Gasteiger partial charge on any atom is 0.303 e. The number of carbonyl (C=O) groups excluding carboxylic acids is 1. The van der Waals surface area contributed by atoms with Gasteiger partial charge in [-0.3, -0.25) is 9.10 Å². The van der Waals surface area contributed by atoms with Gasteiger partial charge in [0.1, 0.15) is 5.82 Å². The molecule has 1 N–H and O–H groups in total. The van der Waals surface area contributed by atoms with Crippen molar-refractivity contribution in [3.63, 3.8) is 0 Å². The number of imidazole rings is 1. The Balaban J connectivity index is 1.55. The van der Waals surface area contributed by atoms with E-state index >= 15 is 0 Å². The van der Waals surface area contributed by atoms with Crippen LogP contribution in [0, 0.1) is 11.8 Å². The third kappa shape index (κ3) is 5.34. The summed E-state index contributed by atoms with van der Waals surface area (Å²) < 4.78 is 37.0. The van der Waals surface area contributed by atoms with Crippen molar-refractivity contribution < 1.29 is 17.9 Å². The van der Waals surface area contributed by atoms with Crippen molar-refractivity contribution in [2.24, 2.45) is 11.8 Å². The van der Waals surface area contributed by atoms with Crippen LogP contribution in [0.5, 0.6) is 0 Å². The van der Waals surface area contributed by atoms with Gasteiger partial charge in [0.2, 0.25) is 5.91 Å². The summed E-state index contributed by atoms with van der Waals surface area (Å²) in [6.45, 7) is 13.2. The van der Waals surface area contributed by atoms with Crippen molar-refractivity contribution in [1.29, 1.82) is 0 Å². The molecule has 1 amide bonds. The van der Waals surface area contributed by atoms with E-state index in [4.69, 9.17) is 9.72 Å². The summed E-state index contributed by atoms with van der Waals surface area (Å²) in [5, 5.41) is 2.89. The standard InChI is InChI=1S/C25H39N5O4S/c1-17(2)23(31)26-19-15-29(16-19)35(32,33)28(6)20-7-8-22-21(13-20)27-24(25(3,4)5)30(22)14-18-9-11-34-12-10-18/h7-8,13,17-19H,9-12,14-16H2,1-6H3,(H,26,31). The number of ether oxygens (including phenoxy) is 1. The molecule has 10 heteroatoms. The molecule has 0 radical (unpaired) electrons. The van der Waals surface area contributed by atoms with Gasteiger partial charge in [-0.05, 0) is 37.0 Å². The fourth-order valence-corrected chi connectivity index (χ4v) is 6.11. The maximum absolute atomic E-state index is 13.2. The van der Waals surface area contributed by atoms with Crippen LogP contribution in [0.15, 0.2) is 18.2 Å². The predicted molar refractivity (Wildman–Crippen MR) is 138 cm³/mol. The van der Waals surface area contributed by atoms with E-state index < -0.39 is 10.2 Å². The lowest BCUT2D eigenvalue weighted by Gasteiger charge is -2.40. The normalized spacial score (nSPS) is 18.7. The Morgan fingerprint density at radius 1 is 1.23 bits per heavy atom. The smallest absolute Gasteiger partial charge is 0.303 e. The van der Waals surface area contributed by atoms with E-state index in [1.165, 1.54) is 8.61 Å². The van der Waals surface area contributed by atoms with Gasteiger partial charge in [0.15, 0.2) is 0 Å². The predicted octanol–water partition coefficient (Wildman–Crippen LogP) is 2.90. The molecular weight excluding hydrogens is 466 g/mol. The van der Waals surface area contributed by atoms with Crippen molar-refractivity contribution in [2.45, 2.75) is 65.5 Å². The van der Waals surface area contributed by atoms with E-state index in [9.17, 15) is 13.2 Å². The molecule has 0 bridgehead atoms. The molecule has 0 aliphatic carbocycles. The molecule has 3 heterocycles.